The topological polar surface area (TPSA) is 95.3 Å². The molecule has 1 aromatic rings. The number of nitriles is 1. The Hall–Kier alpha value is -1.84. The van der Waals surface area contributed by atoms with Crippen LogP contribution in [0.25, 0.3) is 0 Å². The van der Waals surface area contributed by atoms with Crippen LogP contribution in [0, 0.1) is 11.3 Å². The van der Waals surface area contributed by atoms with E-state index in [9.17, 15) is 4.79 Å². The quantitative estimate of drug-likeness (QED) is 0.422. The van der Waals surface area contributed by atoms with Crippen molar-refractivity contribution in [1.29, 1.82) is 5.26 Å². The average molecular weight is 222 g/mol. The fraction of sp³-hybridized carbons (Fsp3) is 0.400. The van der Waals surface area contributed by atoms with E-state index in [-0.39, 0.29) is 5.91 Å². The van der Waals surface area contributed by atoms with Gasteiger partial charge in [-0.1, -0.05) is 0 Å². The third-order valence-corrected chi connectivity index (χ3v) is 2.08. The van der Waals surface area contributed by atoms with Crippen LogP contribution in [-0.4, -0.2) is 24.4 Å². The van der Waals surface area contributed by atoms with Gasteiger partial charge in [-0.3, -0.25) is 15.1 Å². The molecule has 0 aliphatic heterocycles. The Kier molecular flexibility index (Phi) is 4.51. The molecule has 1 amide bonds. The maximum atomic E-state index is 11.1. The van der Waals surface area contributed by atoms with Crippen LogP contribution in [0.3, 0.4) is 0 Å². The second-order valence-corrected chi connectivity index (χ2v) is 3.42. The summed E-state index contributed by atoms with van der Waals surface area (Å²) < 4.78 is 5.20. The van der Waals surface area contributed by atoms with E-state index >= 15 is 0 Å². The van der Waals surface area contributed by atoms with Gasteiger partial charge in [0.2, 0.25) is 0 Å². The maximum Gasteiger partial charge on any atom is 0.268 e. The average Bonchev–Trinajstić information content (AvgIpc) is 2.73. The Labute approximate surface area is 93.6 Å². The third-order valence-electron chi connectivity index (χ3n) is 2.08. The molecule has 0 spiro atoms. The molecule has 0 radical (unpaired) electrons. The summed E-state index contributed by atoms with van der Waals surface area (Å²) in [5.74, 6) is 5.28. The summed E-state index contributed by atoms with van der Waals surface area (Å²) >= 11 is 0. The molecule has 1 aromatic heterocycles. The number of carbonyl (C=O) groups is 1. The van der Waals surface area contributed by atoms with E-state index in [1.807, 2.05) is 17.4 Å². The lowest BCUT2D eigenvalue weighted by molar-refractivity contribution is 0.0953. The lowest BCUT2D eigenvalue weighted by Crippen LogP contribution is -2.29. The molecular weight excluding hydrogens is 208 g/mol. The van der Waals surface area contributed by atoms with Crippen LogP contribution in [0.15, 0.2) is 16.7 Å². The molecule has 6 nitrogen and oxygen atoms in total. The first-order chi connectivity index (χ1) is 7.67. The van der Waals surface area contributed by atoms with E-state index in [1.54, 1.807) is 6.07 Å². The Morgan fingerprint density at radius 1 is 1.75 bits per heavy atom. The SMILES string of the molecule is CN(CCC#N)Cc1cc(C(=O)NN)co1. The molecule has 86 valence electrons. The highest BCUT2D eigenvalue weighted by Gasteiger charge is 2.09. The van der Waals surface area contributed by atoms with Crippen molar-refractivity contribution in [3.63, 3.8) is 0 Å². The molecule has 0 aromatic carbocycles. The van der Waals surface area contributed by atoms with Crippen molar-refractivity contribution in [2.24, 2.45) is 5.84 Å². The minimum absolute atomic E-state index is 0.380. The number of hydrogen-bond donors (Lipinski definition) is 2. The van der Waals surface area contributed by atoms with Gasteiger partial charge in [-0.25, -0.2) is 5.84 Å². The summed E-state index contributed by atoms with van der Waals surface area (Å²) in [5, 5.41) is 8.42. The van der Waals surface area contributed by atoms with Gasteiger partial charge < -0.3 is 4.42 Å². The zero-order valence-electron chi connectivity index (χ0n) is 9.06. The van der Waals surface area contributed by atoms with E-state index in [0.717, 1.165) is 0 Å². The van der Waals surface area contributed by atoms with E-state index < -0.39 is 0 Å². The van der Waals surface area contributed by atoms with Gasteiger partial charge in [0.1, 0.15) is 12.0 Å². The zero-order valence-corrected chi connectivity index (χ0v) is 9.06. The second-order valence-electron chi connectivity index (χ2n) is 3.42. The van der Waals surface area contributed by atoms with E-state index in [0.29, 0.717) is 30.8 Å². The van der Waals surface area contributed by atoms with Crippen molar-refractivity contribution < 1.29 is 9.21 Å². The molecule has 0 aliphatic rings. The fourth-order valence-electron chi connectivity index (χ4n) is 1.25. The van der Waals surface area contributed by atoms with E-state index in [2.05, 4.69) is 6.07 Å². The van der Waals surface area contributed by atoms with Gasteiger partial charge in [-0.2, -0.15) is 5.26 Å². The number of nitrogens with one attached hydrogen (secondary N) is 1. The lowest BCUT2D eigenvalue weighted by atomic mass is 10.3. The molecule has 0 bridgehead atoms. The van der Waals surface area contributed by atoms with Crippen molar-refractivity contribution in [3.05, 3.63) is 23.7 Å². The molecular formula is C10H14N4O2. The summed E-state index contributed by atoms with van der Waals surface area (Å²) in [6, 6.07) is 3.69. The maximum absolute atomic E-state index is 11.1. The number of nitrogen functional groups attached to an aromatic ring is 1. The van der Waals surface area contributed by atoms with Gasteiger partial charge in [-0.05, 0) is 13.1 Å². The summed E-state index contributed by atoms with van der Waals surface area (Å²) in [6.45, 7) is 1.22. The fourth-order valence-corrected chi connectivity index (χ4v) is 1.25. The molecule has 1 rings (SSSR count). The standard InChI is InChI=1S/C10H14N4O2/c1-14(4-2-3-11)6-9-5-8(7-16-9)10(15)13-12/h5,7H,2,4,6,12H2,1H3,(H,13,15). The normalized spacial score (nSPS) is 10.1. The third kappa shape index (κ3) is 3.38. The summed E-state index contributed by atoms with van der Waals surface area (Å²) in [7, 11) is 1.88. The Bertz CT molecular complexity index is 394. The smallest absolute Gasteiger partial charge is 0.268 e. The van der Waals surface area contributed by atoms with Crippen LogP contribution >= 0.6 is 0 Å². The summed E-state index contributed by atoms with van der Waals surface area (Å²) in [6.07, 6.45) is 1.82. The van der Waals surface area contributed by atoms with Gasteiger partial charge in [0.25, 0.3) is 5.91 Å². The first-order valence-electron chi connectivity index (χ1n) is 4.81. The van der Waals surface area contributed by atoms with Crippen molar-refractivity contribution in [1.82, 2.24) is 10.3 Å². The van der Waals surface area contributed by atoms with Crippen LogP contribution in [0.5, 0.6) is 0 Å². The van der Waals surface area contributed by atoms with Gasteiger partial charge in [0, 0.05) is 13.0 Å². The monoisotopic (exact) mass is 222 g/mol. The van der Waals surface area contributed by atoms with E-state index in [1.165, 1.54) is 6.26 Å². The Balaban J connectivity index is 2.52. The first kappa shape index (κ1) is 12.2. The van der Waals surface area contributed by atoms with Crippen LogP contribution in [0.2, 0.25) is 0 Å². The second kappa shape index (κ2) is 5.90. The number of rotatable bonds is 5. The number of hydrazine groups is 1. The van der Waals surface area contributed by atoms with Gasteiger partial charge in [0.05, 0.1) is 18.2 Å². The minimum Gasteiger partial charge on any atom is -0.467 e. The molecule has 1 heterocycles. The number of nitrogens with two attached hydrogens (primary N) is 1. The molecule has 0 saturated heterocycles. The molecule has 0 unspecified atom stereocenters. The molecule has 6 heteroatoms. The van der Waals surface area contributed by atoms with Crippen LogP contribution in [0.4, 0.5) is 0 Å². The highest BCUT2D eigenvalue weighted by molar-refractivity contribution is 5.93. The van der Waals surface area contributed by atoms with Crippen LogP contribution in [0.1, 0.15) is 22.5 Å². The Morgan fingerprint density at radius 3 is 3.12 bits per heavy atom. The van der Waals surface area contributed by atoms with Gasteiger partial charge >= 0.3 is 0 Å². The summed E-state index contributed by atoms with van der Waals surface area (Å²) in [4.78, 5) is 13.1. The number of amides is 1. The number of furan rings is 1. The van der Waals surface area contributed by atoms with E-state index in [4.69, 9.17) is 15.5 Å². The largest absolute Gasteiger partial charge is 0.467 e. The molecule has 3 N–H and O–H groups in total. The molecule has 16 heavy (non-hydrogen) atoms. The van der Waals surface area contributed by atoms with Crippen molar-refractivity contribution in [3.8, 4) is 6.07 Å². The minimum atomic E-state index is -0.380. The highest BCUT2D eigenvalue weighted by Crippen LogP contribution is 2.09. The molecule has 0 aliphatic carbocycles. The number of carbonyl (C=O) groups excluding carboxylic acids is 1. The first-order valence-corrected chi connectivity index (χ1v) is 4.81. The Morgan fingerprint density at radius 2 is 2.50 bits per heavy atom. The molecule has 0 atom stereocenters. The molecule has 0 saturated carbocycles. The zero-order chi connectivity index (χ0) is 12.0. The lowest BCUT2D eigenvalue weighted by Gasteiger charge is -2.11. The number of nitrogens with zero attached hydrogens (tertiary/aromatic N) is 2. The van der Waals surface area contributed by atoms with Crippen molar-refractivity contribution >= 4 is 5.91 Å². The molecule has 0 fully saturated rings. The van der Waals surface area contributed by atoms with Crippen molar-refractivity contribution in [2.45, 2.75) is 13.0 Å². The van der Waals surface area contributed by atoms with Crippen LogP contribution in [-0.2, 0) is 6.54 Å². The van der Waals surface area contributed by atoms with Gasteiger partial charge in [-0.15, -0.1) is 0 Å². The highest BCUT2D eigenvalue weighted by atomic mass is 16.3. The number of hydrogen-bond acceptors (Lipinski definition) is 5. The predicted molar refractivity (Wildman–Crippen MR) is 56.9 cm³/mol. The predicted octanol–water partition coefficient (Wildman–Crippen LogP) is 0.229. The van der Waals surface area contributed by atoms with Gasteiger partial charge in [0.15, 0.2) is 0 Å². The van der Waals surface area contributed by atoms with Crippen LogP contribution < -0.4 is 11.3 Å². The van der Waals surface area contributed by atoms with Crippen molar-refractivity contribution in [2.75, 3.05) is 13.6 Å². The summed E-state index contributed by atoms with van der Waals surface area (Å²) in [5.41, 5.74) is 2.42.